The van der Waals surface area contributed by atoms with Gasteiger partial charge in [0.05, 0.1) is 0 Å². The maximum Gasteiger partial charge on any atom is 0.259 e. The Hall–Kier alpha value is -0.730. The van der Waals surface area contributed by atoms with Crippen molar-refractivity contribution < 1.29 is 4.79 Å². The average molecular weight is 270 g/mol. The predicted octanol–water partition coefficient (Wildman–Crippen LogP) is 2.73. The molecule has 2 nitrogen and oxygen atoms in total. The first kappa shape index (κ1) is 11.4. The van der Waals surface area contributed by atoms with Crippen LogP contribution in [0.4, 0.5) is 0 Å². The van der Waals surface area contributed by atoms with Crippen molar-refractivity contribution in [2.45, 2.75) is 29.1 Å². The lowest BCUT2D eigenvalue weighted by Gasteiger charge is -2.32. The van der Waals surface area contributed by atoms with Crippen LogP contribution < -0.4 is 0 Å². The molecule has 2 atom stereocenters. The summed E-state index contributed by atoms with van der Waals surface area (Å²) in [4.78, 5) is 13.8. The van der Waals surface area contributed by atoms with Gasteiger partial charge in [-0.05, 0) is 24.0 Å². The zero-order chi connectivity index (χ0) is 12.2. The van der Waals surface area contributed by atoms with Crippen LogP contribution in [-0.4, -0.2) is 28.2 Å². The number of carbonyl (C=O) groups excluding carboxylic acids is 1. The van der Waals surface area contributed by atoms with Gasteiger partial charge in [0.15, 0.2) is 0 Å². The van der Waals surface area contributed by atoms with E-state index >= 15 is 0 Å². The van der Waals surface area contributed by atoms with Crippen LogP contribution in [0.25, 0.3) is 0 Å². The maximum absolute atomic E-state index is 12.1. The van der Waals surface area contributed by atoms with Gasteiger partial charge in [0, 0.05) is 19.0 Å². The van der Waals surface area contributed by atoms with Gasteiger partial charge in [-0.3, -0.25) is 4.79 Å². The molecule has 1 fully saturated rings. The summed E-state index contributed by atoms with van der Waals surface area (Å²) in [6.45, 7) is 0. The van der Waals surface area contributed by atoms with Crippen molar-refractivity contribution in [3.8, 4) is 0 Å². The summed E-state index contributed by atoms with van der Waals surface area (Å²) in [6, 6.07) is 8.26. The summed E-state index contributed by atoms with van der Waals surface area (Å²) in [7, 11) is 1.79. The zero-order valence-corrected chi connectivity index (χ0v) is 11.0. The molecule has 1 aliphatic heterocycles. The van der Waals surface area contributed by atoms with E-state index in [0.29, 0.717) is 0 Å². The Balaban J connectivity index is 2.16. The molecular weight excluding hydrogens is 257 g/mol. The fraction of sp³-hybridized carbons (Fsp3) is 0.462. The number of rotatable bonds is 0. The van der Waals surface area contributed by atoms with Crippen LogP contribution in [0.2, 0.25) is 0 Å². The first-order valence-corrected chi connectivity index (χ1v) is 6.52. The number of aryl methyl sites for hydroxylation is 1. The number of benzene rings is 1. The molecule has 1 saturated heterocycles. The van der Waals surface area contributed by atoms with Crippen LogP contribution in [0.15, 0.2) is 24.3 Å². The molecule has 1 aromatic carbocycles. The van der Waals surface area contributed by atoms with Crippen LogP contribution in [0.3, 0.4) is 0 Å². The molecule has 2 aliphatic rings. The van der Waals surface area contributed by atoms with Crippen LogP contribution in [0, 0.1) is 0 Å². The van der Waals surface area contributed by atoms with Gasteiger partial charge in [-0.2, -0.15) is 0 Å². The van der Waals surface area contributed by atoms with E-state index in [2.05, 4.69) is 6.07 Å². The highest BCUT2D eigenvalue weighted by atomic mass is 35.5. The molecular formula is C13H13Cl2NO. The molecule has 4 heteroatoms. The molecule has 1 aliphatic carbocycles. The summed E-state index contributed by atoms with van der Waals surface area (Å²) in [5.41, 5.74) is 2.40. The number of likely N-dealkylation sites (N-methyl/N-ethyl adjacent to an activating group) is 1. The zero-order valence-electron chi connectivity index (χ0n) is 9.49. The van der Waals surface area contributed by atoms with Gasteiger partial charge in [-0.1, -0.05) is 47.5 Å². The quantitative estimate of drug-likeness (QED) is 0.664. The highest BCUT2D eigenvalue weighted by Gasteiger charge is 2.58. The second-order valence-corrected chi connectivity index (χ2v) is 6.21. The summed E-state index contributed by atoms with van der Waals surface area (Å²) in [5, 5.41) is 0. The van der Waals surface area contributed by atoms with Gasteiger partial charge < -0.3 is 4.90 Å². The summed E-state index contributed by atoms with van der Waals surface area (Å²) < 4.78 is -1.31. The molecule has 1 aromatic rings. The number of alkyl halides is 2. The molecule has 0 bridgehead atoms. The fourth-order valence-electron chi connectivity index (χ4n) is 3.12. The Kier molecular flexibility index (Phi) is 2.43. The van der Waals surface area contributed by atoms with Crippen molar-refractivity contribution >= 4 is 29.1 Å². The number of nitrogens with zero attached hydrogens (tertiary/aromatic N) is 1. The van der Waals surface area contributed by atoms with Gasteiger partial charge in [0.2, 0.25) is 4.33 Å². The van der Waals surface area contributed by atoms with E-state index in [4.69, 9.17) is 23.2 Å². The third-order valence-corrected chi connectivity index (χ3v) is 4.77. The van der Waals surface area contributed by atoms with E-state index in [-0.39, 0.29) is 17.9 Å². The van der Waals surface area contributed by atoms with Gasteiger partial charge in [0.1, 0.15) is 0 Å². The van der Waals surface area contributed by atoms with E-state index in [0.717, 1.165) is 18.4 Å². The second kappa shape index (κ2) is 3.63. The Labute approximate surface area is 111 Å². The highest BCUT2D eigenvalue weighted by Crippen LogP contribution is 2.52. The van der Waals surface area contributed by atoms with Gasteiger partial charge in [-0.15, -0.1) is 0 Å². The summed E-state index contributed by atoms with van der Waals surface area (Å²) in [5.74, 6) is -0.277. The van der Waals surface area contributed by atoms with Crippen molar-refractivity contribution in [2.75, 3.05) is 7.05 Å². The number of hydrogen-bond donors (Lipinski definition) is 0. The van der Waals surface area contributed by atoms with Crippen LogP contribution >= 0.6 is 23.2 Å². The van der Waals surface area contributed by atoms with Gasteiger partial charge >= 0.3 is 0 Å². The predicted molar refractivity (Wildman–Crippen MR) is 68.5 cm³/mol. The third-order valence-electron chi connectivity index (χ3n) is 3.98. The average Bonchev–Trinajstić information content (AvgIpc) is 2.51. The Bertz CT molecular complexity index is 486. The number of amides is 1. The highest BCUT2D eigenvalue weighted by molar-refractivity contribution is 6.59. The normalized spacial score (nSPS) is 30.1. The van der Waals surface area contributed by atoms with Crippen molar-refractivity contribution in [3.63, 3.8) is 0 Å². The summed E-state index contributed by atoms with van der Waals surface area (Å²) in [6.07, 6.45) is 1.92. The standard InChI is InChI=1S/C13H13Cl2NO/c1-16-10-7-6-8-4-2-3-5-9(8)11(10)13(14,15)12(16)17/h2-5,10-11H,6-7H2,1H3/t10-,11+/m1/s1. The van der Waals surface area contributed by atoms with Crippen LogP contribution in [0.1, 0.15) is 23.5 Å². The number of carbonyl (C=O) groups is 1. The molecule has 0 unspecified atom stereocenters. The first-order valence-electron chi connectivity index (χ1n) is 5.76. The van der Waals surface area contributed by atoms with E-state index < -0.39 is 4.33 Å². The topological polar surface area (TPSA) is 20.3 Å². The van der Waals surface area contributed by atoms with Gasteiger partial charge in [-0.25, -0.2) is 0 Å². The minimum Gasteiger partial charge on any atom is -0.339 e. The van der Waals surface area contributed by atoms with E-state index in [1.165, 1.54) is 5.56 Å². The van der Waals surface area contributed by atoms with Crippen molar-refractivity contribution in [1.29, 1.82) is 0 Å². The van der Waals surface area contributed by atoms with Crippen molar-refractivity contribution in [1.82, 2.24) is 4.90 Å². The molecule has 0 N–H and O–H groups in total. The number of fused-ring (bicyclic) bond motifs is 3. The second-order valence-electron chi connectivity index (χ2n) is 4.82. The molecule has 17 heavy (non-hydrogen) atoms. The van der Waals surface area contributed by atoms with Crippen molar-refractivity contribution in [3.05, 3.63) is 35.4 Å². The van der Waals surface area contributed by atoms with Crippen LogP contribution in [-0.2, 0) is 11.2 Å². The van der Waals surface area contributed by atoms with E-state index in [1.807, 2.05) is 18.2 Å². The Morgan fingerprint density at radius 3 is 2.82 bits per heavy atom. The lowest BCUT2D eigenvalue weighted by molar-refractivity contribution is -0.128. The number of hydrogen-bond acceptors (Lipinski definition) is 1. The smallest absolute Gasteiger partial charge is 0.259 e. The Morgan fingerprint density at radius 1 is 1.35 bits per heavy atom. The molecule has 0 saturated carbocycles. The van der Waals surface area contributed by atoms with Crippen LogP contribution in [0.5, 0.6) is 0 Å². The van der Waals surface area contributed by atoms with E-state index in [9.17, 15) is 4.79 Å². The molecule has 1 heterocycles. The first-order chi connectivity index (χ1) is 8.03. The third kappa shape index (κ3) is 1.44. The molecule has 0 radical (unpaired) electrons. The minimum absolute atomic E-state index is 0.103. The van der Waals surface area contributed by atoms with Gasteiger partial charge in [0.25, 0.3) is 5.91 Å². The fourth-order valence-corrected chi connectivity index (χ4v) is 3.91. The maximum atomic E-state index is 12.1. The Morgan fingerprint density at radius 2 is 2.06 bits per heavy atom. The lowest BCUT2D eigenvalue weighted by atomic mass is 9.79. The molecule has 0 aromatic heterocycles. The monoisotopic (exact) mass is 269 g/mol. The molecule has 1 amide bonds. The van der Waals surface area contributed by atoms with Crippen molar-refractivity contribution in [2.24, 2.45) is 0 Å². The molecule has 0 spiro atoms. The molecule has 3 rings (SSSR count). The number of halogens is 2. The summed E-state index contributed by atoms with van der Waals surface area (Å²) >= 11 is 12.6. The minimum atomic E-state index is -1.31. The number of likely N-dealkylation sites (tertiary alicyclic amines) is 1. The largest absolute Gasteiger partial charge is 0.339 e. The SMILES string of the molecule is CN1C(=O)C(Cl)(Cl)[C@H]2c3ccccc3CC[C@H]21. The van der Waals surface area contributed by atoms with E-state index in [1.54, 1.807) is 11.9 Å². The lowest BCUT2D eigenvalue weighted by Crippen LogP contribution is -2.33. The molecule has 90 valence electrons.